The predicted octanol–water partition coefficient (Wildman–Crippen LogP) is 1.89. The van der Waals surface area contributed by atoms with E-state index in [1.165, 1.54) is 0 Å². The molecule has 1 saturated heterocycles. The number of hydrogen-bond acceptors (Lipinski definition) is 4. The summed E-state index contributed by atoms with van der Waals surface area (Å²) in [6, 6.07) is 7.11. The maximum absolute atomic E-state index is 12.4. The maximum Gasteiger partial charge on any atom is 0.254 e. The van der Waals surface area contributed by atoms with Gasteiger partial charge < -0.3 is 20.7 Å². The van der Waals surface area contributed by atoms with Crippen LogP contribution < -0.4 is 11.1 Å². The van der Waals surface area contributed by atoms with Crippen molar-refractivity contribution in [2.75, 3.05) is 38.2 Å². The highest BCUT2D eigenvalue weighted by Crippen LogP contribution is 2.31. The number of carbonyl (C=O) groups excluding carboxylic acids is 2. The van der Waals surface area contributed by atoms with Crippen LogP contribution in [0.5, 0.6) is 0 Å². The molecule has 2 atom stereocenters. The van der Waals surface area contributed by atoms with Crippen LogP contribution >= 0.6 is 12.4 Å². The quantitative estimate of drug-likeness (QED) is 0.851. The van der Waals surface area contributed by atoms with Gasteiger partial charge in [-0.25, -0.2) is 0 Å². The summed E-state index contributed by atoms with van der Waals surface area (Å²) in [6.45, 7) is 2.98. The van der Waals surface area contributed by atoms with Crippen molar-refractivity contribution in [2.45, 2.75) is 19.3 Å². The fourth-order valence-corrected chi connectivity index (χ4v) is 3.54. The summed E-state index contributed by atoms with van der Waals surface area (Å²) in [4.78, 5) is 26.6. The first-order chi connectivity index (χ1) is 11.7. The molecule has 138 valence electrons. The van der Waals surface area contributed by atoms with Crippen molar-refractivity contribution in [3.63, 3.8) is 0 Å². The average molecular weight is 368 g/mol. The number of halogens is 1. The number of amides is 2. The van der Waals surface area contributed by atoms with Gasteiger partial charge in [0.2, 0.25) is 5.91 Å². The number of hydrogen-bond donors (Lipinski definition) is 2. The number of rotatable bonds is 4. The second-order valence-corrected chi connectivity index (χ2v) is 6.50. The molecule has 25 heavy (non-hydrogen) atoms. The summed E-state index contributed by atoms with van der Waals surface area (Å²) in [5, 5.41) is 2.95. The van der Waals surface area contributed by atoms with Crippen LogP contribution in [0.3, 0.4) is 0 Å². The van der Waals surface area contributed by atoms with E-state index >= 15 is 0 Å². The van der Waals surface area contributed by atoms with Crippen molar-refractivity contribution in [1.82, 2.24) is 4.90 Å². The van der Waals surface area contributed by atoms with Gasteiger partial charge in [-0.05, 0) is 49.6 Å². The number of carbonyl (C=O) groups is 2. The summed E-state index contributed by atoms with van der Waals surface area (Å²) in [5.41, 5.74) is 7.11. The number of benzene rings is 1. The van der Waals surface area contributed by atoms with Crippen molar-refractivity contribution in [2.24, 2.45) is 17.6 Å². The normalized spacial score (nSPS) is 23.0. The molecule has 1 aromatic carbocycles. The fraction of sp³-hybridized carbons (Fsp3) is 0.556. The molecule has 0 radical (unpaired) electrons. The van der Waals surface area contributed by atoms with Gasteiger partial charge in [0.25, 0.3) is 5.91 Å². The largest absolute Gasteiger partial charge is 0.378 e. The zero-order valence-electron chi connectivity index (χ0n) is 14.3. The van der Waals surface area contributed by atoms with Crippen molar-refractivity contribution in [1.29, 1.82) is 0 Å². The highest BCUT2D eigenvalue weighted by Gasteiger charge is 2.31. The Balaban J connectivity index is 0.00000225. The van der Waals surface area contributed by atoms with Gasteiger partial charge in [0, 0.05) is 30.3 Å². The third-order valence-electron chi connectivity index (χ3n) is 5.00. The Morgan fingerprint density at radius 2 is 1.84 bits per heavy atom. The Hall–Kier alpha value is -1.63. The molecule has 7 heteroatoms. The van der Waals surface area contributed by atoms with Crippen LogP contribution in [0.2, 0.25) is 0 Å². The van der Waals surface area contributed by atoms with Crippen LogP contribution in [0.1, 0.15) is 29.6 Å². The van der Waals surface area contributed by atoms with Gasteiger partial charge in [-0.1, -0.05) is 6.42 Å². The van der Waals surface area contributed by atoms with E-state index in [-0.39, 0.29) is 36.1 Å². The Morgan fingerprint density at radius 3 is 2.48 bits per heavy atom. The van der Waals surface area contributed by atoms with Crippen LogP contribution in [0.25, 0.3) is 0 Å². The lowest BCUT2D eigenvalue weighted by molar-refractivity contribution is -0.120. The van der Waals surface area contributed by atoms with E-state index in [1.54, 1.807) is 29.2 Å². The molecule has 6 nitrogen and oxygen atoms in total. The van der Waals surface area contributed by atoms with Crippen LogP contribution in [-0.2, 0) is 9.53 Å². The molecule has 1 aliphatic heterocycles. The number of nitrogens with one attached hydrogen (secondary N) is 1. The Labute approximate surface area is 154 Å². The van der Waals surface area contributed by atoms with E-state index in [0.717, 1.165) is 24.9 Å². The third-order valence-corrected chi connectivity index (χ3v) is 5.00. The van der Waals surface area contributed by atoms with Gasteiger partial charge in [0.05, 0.1) is 13.2 Å². The molecule has 0 spiro atoms. The van der Waals surface area contributed by atoms with E-state index in [1.807, 2.05) is 0 Å². The number of ether oxygens (including phenoxy) is 1. The highest BCUT2D eigenvalue weighted by atomic mass is 35.5. The van der Waals surface area contributed by atoms with Gasteiger partial charge in [-0.2, -0.15) is 0 Å². The zero-order valence-corrected chi connectivity index (χ0v) is 15.1. The standard InChI is InChI=1S/C18H25N3O3.ClH/c19-12-14-2-1-3-16(14)17(22)20-15-6-4-13(5-7-15)18(23)21-8-10-24-11-9-21;/h4-7,14,16H,1-3,8-12,19H2,(H,20,22);1H/t14-,16-;/m1./s1. The molecule has 3 rings (SSSR count). The first kappa shape index (κ1) is 19.7. The summed E-state index contributed by atoms with van der Waals surface area (Å²) in [7, 11) is 0. The zero-order chi connectivity index (χ0) is 16.9. The lowest BCUT2D eigenvalue weighted by atomic mass is 9.95. The topological polar surface area (TPSA) is 84.7 Å². The van der Waals surface area contributed by atoms with Crippen molar-refractivity contribution < 1.29 is 14.3 Å². The number of nitrogens with zero attached hydrogens (tertiary/aromatic N) is 1. The molecule has 1 heterocycles. The molecule has 1 saturated carbocycles. The molecular formula is C18H26ClN3O3. The van der Waals surface area contributed by atoms with Crippen LogP contribution in [-0.4, -0.2) is 49.6 Å². The van der Waals surface area contributed by atoms with E-state index in [4.69, 9.17) is 10.5 Å². The van der Waals surface area contributed by atoms with E-state index in [9.17, 15) is 9.59 Å². The van der Waals surface area contributed by atoms with E-state index in [2.05, 4.69) is 5.32 Å². The molecule has 1 aromatic rings. The molecular weight excluding hydrogens is 342 g/mol. The second kappa shape index (κ2) is 9.17. The van der Waals surface area contributed by atoms with E-state index in [0.29, 0.717) is 38.4 Å². The Kier molecular flexibility index (Phi) is 7.23. The summed E-state index contributed by atoms with van der Waals surface area (Å²) in [5.74, 6) is 0.335. The SMILES string of the molecule is Cl.NC[C@H]1CCC[C@H]1C(=O)Nc1ccc(C(=O)N2CCOCC2)cc1. The van der Waals surface area contributed by atoms with Crippen molar-refractivity contribution in [3.8, 4) is 0 Å². The van der Waals surface area contributed by atoms with Crippen molar-refractivity contribution in [3.05, 3.63) is 29.8 Å². The molecule has 1 aliphatic carbocycles. The van der Waals surface area contributed by atoms with Crippen LogP contribution in [0, 0.1) is 11.8 Å². The highest BCUT2D eigenvalue weighted by molar-refractivity contribution is 5.96. The van der Waals surface area contributed by atoms with Crippen LogP contribution in [0.15, 0.2) is 24.3 Å². The van der Waals surface area contributed by atoms with Gasteiger partial charge >= 0.3 is 0 Å². The minimum atomic E-state index is 0. The minimum absolute atomic E-state index is 0. The Bertz CT molecular complexity index is 588. The summed E-state index contributed by atoms with van der Waals surface area (Å²) >= 11 is 0. The smallest absolute Gasteiger partial charge is 0.254 e. The number of nitrogens with two attached hydrogens (primary N) is 1. The molecule has 2 fully saturated rings. The average Bonchev–Trinajstić information content (AvgIpc) is 3.11. The van der Waals surface area contributed by atoms with Gasteiger partial charge in [0.1, 0.15) is 0 Å². The lowest BCUT2D eigenvalue weighted by Gasteiger charge is -2.26. The first-order valence-electron chi connectivity index (χ1n) is 8.67. The van der Waals surface area contributed by atoms with E-state index < -0.39 is 0 Å². The molecule has 0 aromatic heterocycles. The summed E-state index contributed by atoms with van der Waals surface area (Å²) in [6.07, 6.45) is 3.00. The fourth-order valence-electron chi connectivity index (χ4n) is 3.54. The Morgan fingerprint density at radius 1 is 1.16 bits per heavy atom. The van der Waals surface area contributed by atoms with Gasteiger partial charge in [-0.15, -0.1) is 12.4 Å². The minimum Gasteiger partial charge on any atom is -0.378 e. The predicted molar refractivity (Wildman–Crippen MR) is 98.9 cm³/mol. The monoisotopic (exact) mass is 367 g/mol. The molecule has 0 bridgehead atoms. The third kappa shape index (κ3) is 4.71. The first-order valence-corrected chi connectivity index (χ1v) is 8.67. The van der Waals surface area contributed by atoms with Gasteiger partial charge in [-0.3, -0.25) is 9.59 Å². The maximum atomic E-state index is 12.4. The molecule has 2 amide bonds. The van der Waals surface area contributed by atoms with Crippen molar-refractivity contribution >= 4 is 29.9 Å². The number of anilines is 1. The molecule has 2 aliphatic rings. The second-order valence-electron chi connectivity index (χ2n) is 6.50. The lowest BCUT2D eigenvalue weighted by Crippen LogP contribution is -2.40. The number of morpholine rings is 1. The van der Waals surface area contributed by atoms with Gasteiger partial charge in [0.15, 0.2) is 0 Å². The molecule has 3 N–H and O–H groups in total. The van der Waals surface area contributed by atoms with Crippen LogP contribution in [0.4, 0.5) is 5.69 Å². The summed E-state index contributed by atoms with van der Waals surface area (Å²) < 4.78 is 5.26. The molecule has 0 unspecified atom stereocenters.